The Morgan fingerprint density at radius 3 is 2.36 bits per heavy atom. The van der Waals surface area contributed by atoms with Gasteiger partial charge in [-0.2, -0.15) is 13.2 Å². The molecule has 3 aromatic rings. The highest BCUT2D eigenvalue weighted by Crippen LogP contribution is 2.34. The minimum Gasteiger partial charge on any atom is -0.481 e. The third kappa shape index (κ3) is 7.91. The van der Waals surface area contributed by atoms with Crippen LogP contribution < -0.4 is 5.32 Å². The van der Waals surface area contributed by atoms with Crippen molar-refractivity contribution in [1.29, 1.82) is 0 Å². The van der Waals surface area contributed by atoms with Crippen molar-refractivity contribution in [2.45, 2.75) is 32.0 Å². The zero-order valence-corrected chi connectivity index (χ0v) is 19.3. The molecule has 0 spiro atoms. The predicted octanol–water partition coefficient (Wildman–Crippen LogP) is 5.40. The van der Waals surface area contributed by atoms with E-state index in [0.29, 0.717) is 16.7 Å². The molecule has 0 unspecified atom stereocenters. The van der Waals surface area contributed by atoms with Gasteiger partial charge in [-0.1, -0.05) is 42.5 Å². The van der Waals surface area contributed by atoms with Crippen LogP contribution in [0, 0.1) is 5.82 Å². The van der Waals surface area contributed by atoms with E-state index in [0.717, 1.165) is 23.8 Å². The molecular weight excluding hydrogens is 478 g/mol. The summed E-state index contributed by atoms with van der Waals surface area (Å²) < 4.78 is 59.1. The number of carboxylic acid groups (broad SMARTS) is 1. The summed E-state index contributed by atoms with van der Waals surface area (Å²) in [4.78, 5) is 22.9. The quantitative estimate of drug-likeness (QED) is 0.208. The van der Waals surface area contributed by atoms with Crippen LogP contribution in [0.5, 0.6) is 0 Å². The second-order valence-electron chi connectivity index (χ2n) is 8.14. The lowest BCUT2D eigenvalue weighted by Crippen LogP contribution is -2.22. The summed E-state index contributed by atoms with van der Waals surface area (Å²) >= 11 is 0. The van der Waals surface area contributed by atoms with Gasteiger partial charge in [0.05, 0.1) is 18.4 Å². The lowest BCUT2D eigenvalue weighted by atomic mass is 9.93. The van der Waals surface area contributed by atoms with Crippen LogP contribution in [-0.4, -0.2) is 30.1 Å². The molecule has 0 atom stereocenters. The lowest BCUT2D eigenvalue weighted by Gasteiger charge is -2.15. The van der Waals surface area contributed by atoms with Crippen molar-refractivity contribution in [2.75, 3.05) is 13.1 Å². The molecule has 0 aliphatic heterocycles. The van der Waals surface area contributed by atoms with Gasteiger partial charge in [0.2, 0.25) is 0 Å². The van der Waals surface area contributed by atoms with Gasteiger partial charge < -0.3 is 15.2 Å². The summed E-state index contributed by atoms with van der Waals surface area (Å²) in [7, 11) is 0. The molecule has 3 aromatic carbocycles. The maximum atomic E-state index is 14.0. The van der Waals surface area contributed by atoms with E-state index in [4.69, 9.17) is 9.84 Å². The number of ether oxygens (including phenoxy) is 1. The van der Waals surface area contributed by atoms with Crippen LogP contribution in [-0.2, 0) is 40.0 Å². The van der Waals surface area contributed by atoms with Crippen LogP contribution in [0.15, 0.2) is 66.7 Å². The first-order chi connectivity index (χ1) is 17.1. The SMILES string of the molecule is O=C(O)Cc1cc(-c2ccc(C(F)(F)F)cc2CCNCCC(=O)OCc2ccccc2)ccc1F. The van der Waals surface area contributed by atoms with E-state index < -0.39 is 35.9 Å². The summed E-state index contributed by atoms with van der Waals surface area (Å²) in [5.41, 5.74) is 1.20. The molecule has 0 aliphatic rings. The number of benzene rings is 3. The van der Waals surface area contributed by atoms with Gasteiger partial charge in [-0.05, 0) is 65.0 Å². The van der Waals surface area contributed by atoms with Crippen LogP contribution in [0.1, 0.15) is 28.7 Å². The largest absolute Gasteiger partial charge is 0.481 e. The number of carbonyl (C=O) groups is 2. The van der Waals surface area contributed by atoms with Crippen molar-refractivity contribution < 1.29 is 37.0 Å². The second kappa shape index (κ2) is 12.3. The van der Waals surface area contributed by atoms with Crippen molar-refractivity contribution in [3.05, 3.63) is 94.8 Å². The van der Waals surface area contributed by atoms with E-state index in [1.165, 1.54) is 18.2 Å². The molecule has 0 aromatic heterocycles. The number of halogens is 4. The molecule has 9 heteroatoms. The number of hydrogen-bond donors (Lipinski definition) is 2. The third-order valence-electron chi connectivity index (χ3n) is 5.45. The van der Waals surface area contributed by atoms with Crippen LogP contribution in [0.25, 0.3) is 11.1 Å². The number of carbonyl (C=O) groups excluding carboxylic acids is 1. The van der Waals surface area contributed by atoms with Crippen molar-refractivity contribution >= 4 is 11.9 Å². The van der Waals surface area contributed by atoms with Gasteiger partial charge in [-0.25, -0.2) is 4.39 Å². The van der Waals surface area contributed by atoms with Crippen LogP contribution in [0.3, 0.4) is 0 Å². The zero-order valence-electron chi connectivity index (χ0n) is 19.3. The molecule has 0 radical (unpaired) electrons. The van der Waals surface area contributed by atoms with Gasteiger partial charge in [0.1, 0.15) is 12.4 Å². The van der Waals surface area contributed by atoms with Gasteiger partial charge >= 0.3 is 18.1 Å². The van der Waals surface area contributed by atoms with E-state index in [2.05, 4.69) is 5.32 Å². The highest BCUT2D eigenvalue weighted by Gasteiger charge is 2.31. The van der Waals surface area contributed by atoms with Crippen molar-refractivity contribution in [1.82, 2.24) is 5.32 Å². The molecule has 190 valence electrons. The second-order valence-corrected chi connectivity index (χ2v) is 8.14. The van der Waals surface area contributed by atoms with Crippen molar-refractivity contribution in [2.24, 2.45) is 0 Å². The number of nitrogens with one attached hydrogen (secondary N) is 1. The van der Waals surface area contributed by atoms with E-state index in [9.17, 15) is 27.2 Å². The molecule has 3 rings (SSSR count). The fourth-order valence-electron chi connectivity index (χ4n) is 3.65. The molecule has 5 nitrogen and oxygen atoms in total. The number of carboxylic acids is 1. The topological polar surface area (TPSA) is 75.6 Å². The Balaban J connectivity index is 1.64. The Bertz CT molecular complexity index is 1200. The van der Waals surface area contributed by atoms with E-state index >= 15 is 0 Å². The summed E-state index contributed by atoms with van der Waals surface area (Å²) in [6.45, 7) is 0.722. The number of esters is 1. The fraction of sp³-hybridized carbons (Fsp3) is 0.259. The van der Waals surface area contributed by atoms with Gasteiger partial charge in [-0.3, -0.25) is 9.59 Å². The highest BCUT2D eigenvalue weighted by molar-refractivity contribution is 5.73. The lowest BCUT2D eigenvalue weighted by molar-refractivity contribution is -0.145. The van der Waals surface area contributed by atoms with Gasteiger partial charge in [0, 0.05) is 6.54 Å². The zero-order chi connectivity index (χ0) is 26.1. The Morgan fingerprint density at radius 1 is 0.917 bits per heavy atom. The molecule has 0 bridgehead atoms. The molecule has 36 heavy (non-hydrogen) atoms. The molecular formula is C27H25F4NO4. The van der Waals surface area contributed by atoms with Crippen LogP contribution in [0.4, 0.5) is 17.6 Å². The number of hydrogen-bond acceptors (Lipinski definition) is 4. The van der Waals surface area contributed by atoms with Gasteiger partial charge in [0.15, 0.2) is 0 Å². The first kappa shape index (κ1) is 26.9. The normalized spacial score (nSPS) is 11.3. The summed E-state index contributed by atoms with van der Waals surface area (Å²) in [6, 6.07) is 16.3. The summed E-state index contributed by atoms with van der Waals surface area (Å²) in [6.07, 6.45) is -4.79. The van der Waals surface area contributed by atoms with Crippen molar-refractivity contribution in [3.8, 4) is 11.1 Å². The standard InChI is InChI=1S/C27H25F4NO4/c28-24-9-6-19(14-21(24)16-25(33)34)23-8-7-22(27(29,30)31)15-20(23)10-12-32-13-11-26(35)36-17-18-4-2-1-3-5-18/h1-9,14-15,32H,10-13,16-17H2,(H,33,34). The molecule has 0 fully saturated rings. The van der Waals surface area contributed by atoms with Crippen molar-refractivity contribution in [3.63, 3.8) is 0 Å². The molecule has 0 amide bonds. The monoisotopic (exact) mass is 503 g/mol. The minimum atomic E-state index is -4.54. The van der Waals surface area contributed by atoms with Gasteiger partial charge in [-0.15, -0.1) is 0 Å². The fourth-order valence-corrected chi connectivity index (χ4v) is 3.65. The Morgan fingerprint density at radius 2 is 1.67 bits per heavy atom. The summed E-state index contributed by atoms with van der Waals surface area (Å²) in [5.74, 6) is -2.32. The number of aliphatic carboxylic acids is 1. The van der Waals surface area contributed by atoms with E-state index in [-0.39, 0.29) is 38.1 Å². The maximum Gasteiger partial charge on any atom is 0.416 e. The first-order valence-electron chi connectivity index (χ1n) is 11.2. The average molecular weight is 503 g/mol. The van der Waals surface area contributed by atoms with E-state index in [1.807, 2.05) is 30.3 Å². The molecule has 0 saturated heterocycles. The predicted molar refractivity (Wildman–Crippen MR) is 126 cm³/mol. The highest BCUT2D eigenvalue weighted by atomic mass is 19.4. The summed E-state index contributed by atoms with van der Waals surface area (Å²) in [5, 5.41) is 12.0. The first-order valence-corrected chi connectivity index (χ1v) is 11.2. The van der Waals surface area contributed by atoms with Gasteiger partial charge in [0.25, 0.3) is 0 Å². The van der Waals surface area contributed by atoms with E-state index in [1.54, 1.807) is 0 Å². The maximum absolute atomic E-state index is 14.0. The number of alkyl halides is 3. The molecule has 0 aliphatic carbocycles. The Labute approximate surface area is 205 Å². The van der Waals surface area contributed by atoms with Crippen LogP contribution >= 0.6 is 0 Å². The smallest absolute Gasteiger partial charge is 0.416 e. The average Bonchev–Trinajstić information content (AvgIpc) is 2.83. The molecule has 2 N–H and O–H groups in total. The molecule has 0 heterocycles. The Kier molecular flexibility index (Phi) is 9.19. The van der Waals surface area contributed by atoms with Crippen LogP contribution in [0.2, 0.25) is 0 Å². The molecule has 0 saturated carbocycles. The third-order valence-corrected chi connectivity index (χ3v) is 5.45. The number of rotatable bonds is 11. The minimum absolute atomic E-state index is 0.0574. The Hall–Kier alpha value is -3.72.